The van der Waals surface area contributed by atoms with Crippen molar-refractivity contribution in [2.24, 2.45) is 0 Å². The van der Waals surface area contributed by atoms with Crippen LogP contribution in [0.1, 0.15) is 11.4 Å². The molecule has 24 heavy (non-hydrogen) atoms. The molecule has 1 aromatic carbocycles. The lowest BCUT2D eigenvalue weighted by Crippen LogP contribution is -2.18. The van der Waals surface area contributed by atoms with Gasteiger partial charge in [0.1, 0.15) is 0 Å². The molecule has 2 N–H and O–H groups in total. The minimum absolute atomic E-state index is 0.226. The maximum Gasteiger partial charge on any atom is 0.240 e. The third-order valence-corrected chi connectivity index (χ3v) is 5.08. The van der Waals surface area contributed by atoms with E-state index in [1.807, 2.05) is 32.0 Å². The van der Waals surface area contributed by atoms with Crippen molar-refractivity contribution in [2.75, 3.05) is 12.4 Å². The Morgan fingerprint density at radius 1 is 0.917 bits per heavy atom. The summed E-state index contributed by atoms with van der Waals surface area (Å²) in [6.07, 6.45) is 0. The van der Waals surface area contributed by atoms with E-state index in [1.165, 1.54) is 7.05 Å². The predicted molar refractivity (Wildman–Crippen MR) is 95.0 cm³/mol. The molecule has 6 nitrogen and oxygen atoms in total. The van der Waals surface area contributed by atoms with Gasteiger partial charge >= 0.3 is 0 Å². The summed E-state index contributed by atoms with van der Waals surface area (Å²) in [5.74, 6) is 0. The van der Waals surface area contributed by atoms with E-state index >= 15 is 0 Å². The molecule has 2 aromatic heterocycles. The molecule has 0 fully saturated rings. The normalized spacial score (nSPS) is 11.6. The van der Waals surface area contributed by atoms with Crippen LogP contribution in [0, 0.1) is 13.8 Å². The fourth-order valence-corrected chi connectivity index (χ4v) is 3.15. The van der Waals surface area contributed by atoms with Crippen LogP contribution in [0.5, 0.6) is 0 Å². The second kappa shape index (κ2) is 6.18. The highest BCUT2D eigenvalue weighted by molar-refractivity contribution is 7.89. The van der Waals surface area contributed by atoms with Crippen LogP contribution in [-0.4, -0.2) is 25.4 Å². The van der Waals surface area contributed by atoms with Crippen LogP contribution in [0.2, 0.25) is 0 Å². The van der Waals surface area contributed by atoms with Crippen molar-refractivity contribution < 1.29 is 8.42 Å². The first-order chi connectivity index (χ1) is 11.4. The zero-order chi connectivity index (χ0) is 17.3. The number of sulfonamides is 1. The van der Waals surface area contributed by atoms with Crippen molar-refractivity contribution in [3.05, 3.63) is 53.9 Å². The quantitative estimate of drug-likeness (QED) is 0.761. The average Bonchev–Trinajstić information content (AvgIpc) is 2.54. The lowest BCUT2D eigenvalue weighted by molar-refractivity contribution is 0.588. The summed E-state index contributed by atoms with van der Waals surface area (Å²) in [4.78, 5) is 9.14. The van der Waals surface area contributed by atoms with Crippen molar-refractivity contribution in [3.8, 4) is 0 Å². The number of fused-ring (bicyclic) bond motifs is 1. The van der Waals surface area contributed by atoms with Crippen molar-refractivity contribution in [1.29, 1.82) is 0 Å². The Labute approximate surface area is 141 Å². The van der Waals surface area contributed by atoms with E-state index < -0.39 is 10.0 Å². The van der Waals surface area contributed by atoms with Crippen molar-refractivity contribution in [3.63, 3.8) is 0 Å². The molecule has 3 aromatic rings. The van der Waals surface area contributed by atoms with Crippen LogP contribution in [0.15, 0.2) is 47.4 Å². The SMILES string of the molecule is CNS(=O)(=O)c1ccc(Nc2cc(C)nc3nc(C)ccc23)cc1. The van der Waals surface area contributed by atoms with Gasteiger partial charge in [-0.1, -0.05) is 0 Å². The molecule has 0 radical (unpaired) electrons. The third-order valence-electron chi connectivity index (χ3n) is 3.65. The van der Waals surface area contributed by atoms with Crippen LogP contribution in [0.4, 0.5) is 11.4 Å². The summed E-state index contributed by atoms with van der Waals surface area (Å²) in [5.41, 5.74) is 4.13. The molecular formula is C17H18N4O2S. The Bertz CT molecular complexity index is 994. The van der Waals surface area contributed by atoms with Gasteiger partial charge in [0.2, 0.25) is 10.0 Å². The maximum absolute atomic E-state index is 11.8. The van der Waals surface area contributed by atoms with E-state index in [0.717, 1.165) is 28.1 Å². The van der Waals surface area contributed by atoms with Gasteiger partial charge < -0.3 is 5.32 Å². The standard InChI is InChI=1S/C17H18N4O2S/c1-11-4-9-15-16(10-12(2)20-17(15)19-11)21-13-5-7-14(8-6-13)24(22,23)18-3/h4-10,18H,1-3H3,(H,19,20,21). The van der Waals surface area contributed by atoms with E-state index in [2.05, 4.69) is 20.0 Å². The highest BCUT2D eigenvalue weighted by atomic mass is 32.2. The molecule has 124 valence electrons. The minimum Gasteiger partial charge on any atom is -0.355 e. The molecule has 0 saturated heterocycles. The number of hydrogen-bond acceptors (Lipinski definition) is 5. The van der Waals surface area contributed by atoms with E-state index in [-0.39, 0.29) is 4.90 Å². The van der Waals surface area contributed by atoms with Gasteiger partial charge in [0.25, 0.3) is 0 Å². The third kappa shape index (κ3) is 3.22. The Morgan fingerprint density at radius 3 is 2.25 bits per heavy atom. The molecule has 7 heteroatoms. The fraction of sp³-hybridized carbons (Fsp3) is 0.176. The summed E-state index contributed by atoms with van der Waals surface area (Å²) in [7, 11) is -2.04. The zero-order valence-electron chi connectivity index (χ0n) is 13.7. The summed E-state index contributed by atoms with van der Waals surface area (Å²) in [6.45, 7) is 3.84. The summed E-state index contributed by atoms with van der Waals surface area (Å²) in [5, 5.41) is 4.22. The molecule has 0 aliphatic heterocycles. The van der Waals surface area contributed by atoms with Gasteiger partial charge in [0.05, 0.1) is 10.6 Å². The average molecular weight is 342 g/mol. The molecule has 3 rings (SSSR count). The monoisotopic (exact) mass is 342 g/mol. The minimum atomic E-state index is -3.43. The first-order valence-electron chi connectivity index (χ1n) is 7.45. The number of benzene rings is 1. The fourth-order valence-electron chi connectivity index (χ4n) is 2.42. The first-order valence-corrected chi connectivity index (χ1v) is 8.93. The van der Waals surface area contributed by atoms with Crippen molar-refractivity contribution in [2.45, 2.75) is 18.7 Å². The number of pyridine rings is 2. The molecule has 0 amide bonds. The highest BCUT2D eigenvalue weighted by Gasteiger charge is 2.11. The number of aromatic nitrogens is 2. The Hall–Kier alpha value is -2.51. The van der Waals surface area contributed by atoms with Gasteiger partial charge in [0, 0.05) is 22.5 Å². The Balaban J connectivity index is 1.98. The van der Waals surface area contributed by atoms with Crippen LogP contribution < -0.4 is 10.0 Å². The topological polar surface area (TPSA) is 84.0 Å². The molecule has 0 aliphatic carbocycles. The lowest BCUT2D eigenvalue weighted by atomic mass is 10.2. The van der Waals surface area contributed by atoms with Gasteiger partial charge in [-0.05, 0) is 63.4 Å². The predicted octanol–water partition coefficient (Wildman–Crippen LogP) is 2.90. The van der Waals surface area contributed by atoms with Crippen LogP contribution >= 0.6 is 0 Å². The van der Waals surface area contributed by atoms with E-state index in [1.54, 1.807) is 24.3 Å². The van der Waals surface area contributed by atoms with Gasteiger partial charge in [0.15, 0.2) is 5.65 Å². The Kier molecular flexibility index (Phi) is 4.21. The van der Waals surface area contributed by atoms with E-state index in [9.17, 15) is 8.42 Å². The first kappa shape index (κ1) is 16.4. The molecule has 0 unspecified atom stereocenters. The van der Waals surface area contributed by atoms with E-state index in [4.69, 9.17) is 0 Å². The lowest BCUT2D eigenvalue weighted by Gasteiger charge is -2.11. The number of nitrogens with one attached hydrogen (secondary N) is 2. The van der Waals surface area contributed by atoms with Crippen molar-refractivity contribution in [1.82, 2.24) is 14.7 Å². The maximum atomic E-state index is 11.8. The van der Waals surface area contributed by atoms with Gasteiger partial charge in [-0.25, -0.2) is 23.1 Å². The number of nitrogens with zero attached hydrogens (tertiary/aromatic N) is 2. The molecular weight excluding hydrogens is 324 g/mol. The van der Waals surface area contributed by atoms with Crippen LogP contribution in [0.3, 0.4) is 0 Å². The Morgan fingerprint density at radius 2 is 1.58 bits per heavy atom. The molecule has 0 saturated carbocycles. The zero-order valence-corrected chi connectivity index (χ0v) is 14.5. The molecule has 0 bridgehead atoms. The summed E-state index contributed by atoms with van der Waals surface area (Å²) < 4.78 is 25.8. The van der Waals surface area contributed by atoms with Gasteiger partial charge in [-0.3, -0.25) is 0 Å². The second-order valence-electron chi connectivity index (χ2n) is 5.49. The summed E-state index contributed by atoms with van der Waals surface area (Å²) >= 11 is 0. The number of aryl methyl sites for hydroxylation is 2. The van der Waals surface area contributed by atoms with Crippen LogP contribution in [-0.2, 0) is 10.0 Å². The van der Waals surface area contributed by atoms with Gasteiger partial charge in [-0.2, -0.15) is 0 Å². The number of hydrogen-bond donors (Lipinski definition) is 2. The molecule has 2 heterocycles. The molecule has 0 spiro atoms. The van der Waals surface area contributed by atoms with E-state index in [0.29, 0.717) is 5.65 Å². The second-order valence-corrected chi connectivity index (χ2v) is 7.38. The highest BCUT2D eigenvalue weighted by Crippen LogP contribution is 2.26. The smallest absolute Gasteiger partial charge is 0.240 e. The largest absolute Gasteiger partial charge is 0.355 e. The number of rotatable bonds is 4. The molecule has 0 aliphatic rings. The van der Waals surface area contributed by atoms with Crippen LogP contribution in [0.25, 0.3) is 11.0 Å². The summed E-state index contributed by atoms with van der Waals surface area (Å²) in [6, 6.07) is 12.4. The van der Waals surface area contributed by atoms with Crippen molar-refractivity contribution >= 4 is 32.4 Å². The van der Waals surface area contributed by atoms with Gasteiger partial charge in [-0.15, -0.1) is 0 Å². The number of anilines is 2. The molecule has 0 atom stereocenters.